The van der Waals surface area contributed by atoms with E-state index in [4.69, 9.17) is 23.4 Å². The molecule has 1 aliphatic heterocycles. The van der Waals surface area contributed by atoms with Crippen LogP contribution < -0.4 is 19.6 Å². The third-order valence-corrected chi connectivity index (χ3v) is 5.19. The number of aryl methyl sites for hydroxylation is 1. The van der Waals surface area contributed by atoms with Crippen molar-refractivity contribution in [2.75, 3.05) is 40.5 Å². The summed E-state index contributed by atoms with van der Waals surface area (Å²) in [5, 5.41) is 0.390. The Labute approximate surface area is 178 Å². The highest BCUT2D eigenvalue weighted by Crippen LogP contribution is 2.33. The van der Waals surface area contributed by atoms with Crippen molar-refractivity contribution >= 4 is 17.1 Å². The summed E-state index contributed by atoms with van der Waals surface area (Å²) in [6.45, 7) is 3.66. The Morgan fingerprint density at radius 2 is 1.74 bits per heavy atom. The number of methoxy groups -OCH3 is 2. The maximum atomic E-state index is 13.2. The molecule has 2 heterocycles. The van der Waals surface area contributed by atoms with Crippen LogP contribution in [0.3, 0.4) is 0 Å². The Kier molecular flexibility index (Phi) is 5.81. The fourth-order valence-corrected chi connectivity index (χ4v) is 3.59. The normalized spacial score (nSPS) is 13.8. The molecule has 0 unspecified atom stereocenters. The number of morpholine rings is 1. The summed E-state index contributed by atoms with van der Waals surface area (Å²) >= 11 is 0. The van der Waals surface area contributed by atoms with Gasteiger partial charge in [0.1, 0.15) is 17.1 Å². The number of benzene rings is 2. The Balaban J connectivity index is 1.69. The van der Waals surface area contributed by atoms with Gasteiger partial charge < -0.3 is 28.3 Å². The number of fused-ring (bicyclic) bond motifs is 1. The van der Waals surface area contributed by atoms with Crippen molar-refractivity contribution in [1.82, 2.24) is 4.90 Å². The number of nitrogens with zero attached hydrogens (tertiary/aromatic N) is 1. The van der Waals surface area contributed by atoms with Gasteiger partial charge in [-0.25, -0.2) is 4.79 Å². The molecular weight excluding hydrogens is 402 g/mol. The van der Waals surface area contributed by atoms with Crippen molar-refractivity contribution in [2.45, 2.75) is 6.92 Å². The van der Waals surface area contributed by atoms with E-state index >= 15 is 0 Å². The molecule has 8 heteroatoms. The molecule has 31 heavy (non-hydrogen) atoms. The van der Waals surface area contributed by atoms with Gasteiger partial charge in [0.25, 0.3) is 0 Å². The quantitative estimate of drug-likeness (QED) is 0.631. The summed E-state index contributed by atoms with van der Waals surface area (Å²) in [6, 6.07) is 10.0. The lowest BCUT2D eigenvalue weighted by Gasteiger charge is -2.25. The molecule has 2 aromatic carbocycles. The van der Waals surface area contributed by atoms with E-state index in [1.54, 1.807) is 55.3 Å². The summed E-state index contributed by atoms with van der Waals surface area (Å²) < 4.78 is 27.2. The maximum absolute atomic E-state index is 13.2. The molecule has 0 bridgehead atoms. The summed E-state index contributed by atoms with van der Waals surface area (Å²) in [4.78, 5) is 27.1. The van der Waals surface area contributed by atoms with Gasteiger partial charge in [-0.15, -0.1) is 0 Å². The van der Waals surface area contributed by atoms with Gasteiger partial charge >= 0.3 is 6.09 Å². The van der Waals surface area contributed by atoms with Gasteiger partial charge in [-0.3, -0.25) is 4.79 Å². The van der Waals surface area contributed by atoms with Crippen molar-refractivity contribution < 1.29 is 28.2 Å². The van der Waals surface area contributed by atoms with Gasteiger partial charge in [0.05, 0.1) is 38.4 Å². The summed E-state index contributed by atoms with van der Waals surface area (Å²) in [6.07, 6.45) is -0.455. The minimum atomic E-state index is -0.455. The number of hydrogen-bond acceptors (Lipinski definition) is 7. The predicted molar refractivity (Wildman–Crippen MR) is 114 cm³/mol. The zero-order valence-corrected chi connectivity index (χ0v) is 17.6. The molecule has 0 atom stereocenters. The number of carbonyl (C=O) groups excluding carboxylic acids is 1. The second-order valence-corrected chi connectivity index (χ2v) is 7.06. The van der Waals surface area contributed by atoms with E-state index in [0.29, 0.717) is 71.4 Å². The predicted octanol–water partition coefficient (Wildman–Crippen LogP) is 3.62. The Bertz CT molecular complexity index is 1180. The van der Waals surface area contributed by atoms with Gasteiger partial charge in [0.15, 0.2) is 11.5 Å². The van der Waals surface area contributed by atoms with Gasteiger partial charge in [0.2, 0.25) is 5.43 Å². The van der Waals surface area contributed by atoms with E-state index in [0.717, 1.165) is 0 Å². The molecule has 8 nitrogen and oxygen atoms in total. The van der Waals surface area contributed by atoms with Crippen LogP contribution in [0.1, 0.15) is 5.76 Å². The highest BCUT2D eigenvalue weighted by atomic mass is 16.6. The first-order valence-electron chi connectivity index (χ1n) is 9.86. The number of carbonyl (C=O) groups is 1. The van der Waals surface area contributed by atoms with Crippen molar-refractivity contribution in [3.05, 3.63) is 52.4 Å². The summed E-state index contributed by atoms with van der Waals surface area (Å²) in [5.74, 6) is 1.84. The molecule has 0 radical (unpaired) electrons. The lowest BCUT2D eigenvalue weighted by atomic mass is 10.0. The van der Waals surface area contributed by atoms with Crippen molar-refractivity contribution in [2.24, 2.45) is 0 Å². The van der Waals surface area contributed by atoms with Crippen molar-refractivity contribution in [3.8, 4) is 28.4 Å². The van der Waals surface area contributed by atoms with E-state index in [9.17, 15) is 9.59 Å². The first kappa shape index (κ1) is 20.7. The minimum Gasteiger partial charge on any atom is -0.493 e. The van der Waals surface area contributed by atoms with Crippen LogP contribution in [0.15, 0.2) is 45.6 Å². The first-order valence-corrected chi connectivity index (χ1v) is 9.86. The molecule has 0 N–H and O–H groups in total. The van der Waals surface area contributed by atoms with E-state index in [1.807, 2.05) is 0 Å². The van der Waals surface area contributed by atoms with E-state index < -0.39 is 6.09 Å². The van der Waals surface area contributed by atoms with Crippen LogP contribution in [0.5, 0.6) is 17.2 Å². The average molecular weight is 425 g/mol. The SMILES string of the molecule is COc1ccc(-c2c(C)oc3cc(OC(=O)N4CCOCC4)ccc3c2=O)cc1OC. The molecule has 3 aromatic rings. The monoisotopic (exact) mass is 425 g/mol. The Hall–Kier alpha value is -3.52. The Morgan fingerprint density at radius 3 is 2.45 bits per heavy atom. The molecular formula is C23H23NO7. The second-order valence-electron chi connectivity index (χ2n) is 7.06. The highest BCUT2D eigenvalue weighted by Gasteiger charge is 2.20. The minimum absolute atomic E-state index is 0.183. The standard InChI is InChI=1S/C23H23NO7/c1-14-21(15-4-7-18(27-2)20(12-15)28-3)22(25)17-6-5-16(13-19(17)30-14)31-23(26)24-8-10-29-11-9-24/h4-7,12-13H,8-11H2,1-3H3. The molecule has 162 valence electrons. The van der Waals surface area contributed by atoms with Crippen LogP contribution >= 0.6 is 0 Å². The van der Waals surface area contributed by atoms with Gasteiger partial charge in [-0.1, -0.05) is 6.07 Å². The first-order chi connectivity index (χ1) is 15.0. The van der Waals surface area contributed by atoms with Crippen LogP contribution in [0, 0.1) is 6.92 Å². The molecule has 1 aliphatic rings. The molecule has 0 spiro atoms. The lowest BCUT2D eigenvalue weighted by Crippen LogP contribution is -2.42. The third-order valence-electron chi connectivity index (χ3n) is 5.19. The third kappa shape index (κ3) is 4.06. The summed E-state index contributed by atoms with van der Waals surface area (Å²) in [7, 11) is 3.09. The smallest absolute Gasteiger partial charge is 0.415 e. The van der Waals surface area contributed by atoms with Crippen LogP contribution in [0.4, 0.5) is 4.79 Å². The van der Waals surface area contributed by atoms with Crippen molar-refractivity contribution in [1.29, 1.82) is 0 Å². The molecule has 1 saturated heterocycles. The maximum Gasteiger partial charge on any atom is 0.415 e. The fraction of sp³-hybridized carbons (Fsp3) is 0.304. The molecule has 4 rings (SSSR count). The molecule has 1 fully saturated rings. The highest BCUT2D eigenvalue weighted by molar-refractivity contribution is 5.85. The van der Waals surface area contributed by atoms with Gasteiger partial charge in [-0.05, 0) is 36.8 Å². The average Bonchev–Trinajstić information content (AvgIpc) is 2.79. The van der Waals surface area contributed by atoms with E-state index in [-0.39, 0.29) is 5.43 Å². The molecule has 1 amide bonds. The second kappa shape index (κ2) is 8.69. The fourth-order valence-electron chi connectivity index (χ4n) is 3.59. The largest absolute Gasteiger partial charge is 0.493 e. The van der Waals surface area contributed by atoms with Gasteiger partial charge in [-0.2, -0.15) is 0 Å². The number of rotatable bonds is 4. The van der Waals surface area contributed by atoms with Crippen molar-refractivity contribution in [3.63, 3.8) is 0 Å². The zero-order valence-electron chi connectivity index (χ0n) is 17.6. The van der Waals surface area contributed by atoms with E-state index in [1.165, 1.54) is 7.11 Å². The van der Waals surface area contributed by atoms with Gasteiger partial charge in [0, 0.05) is 19.2 Å². The molecule has 0 aliphatic carbocycles. The van der Waals surface area contributed by atoms with E-state index in [2.05, 4.69) is 0 Å². The topological polar surface area (TPSA) is 87.4 Å². The zero-order chi connectivity index (χ0) is 22.0. The number of hydrogen-bond donors (Lipinski definition) is 0. The lowest BCUT2D eigenvalue weighted by molar-refractivity contribution is 0.0416. The molecule has 1 aromatic heterocycles. The number of amides is 1. The van der Waals surface area contributed by atoms with Crippen LogP contribution in [0.25, 0.3) is 22.1 Å². The summed E-state index contributed by atoms with van der Waals surface area (Å²) in [5.41, 5.74) is 1.26. The van der Waals surface area contributed by atoms with Crippen LogP contribution in [0.2, 0.25) is 0 Å². The Morgan fingerprint density at radius 1 is 1.00 bits per heavy atom. The number of ether oxygens (including phenoxy) is 4. The van der Waals surface area contributed by atoms with Crippen LogP contribution in [-0.2, 0) is 4.74 Å². The molecule has 0 saturated carbocycles. The van der Waals surface area contributed by atoms with Crippen LogP contribution in [-0.4, -0.2) is 51.5 Å².